The first-order valence-corrected chi connectivity index (χ1v) is 8.02. The number of nitrogens with one attached hydrogen (secondary N) is 2. The molecule has 0 bridgehead atoms. The molecule has 2 aromatic heterocycles. The molecule has 25 heavy (non-hydrogen) atoms. The van der Waals surface area contributed by atoms with Crippen LogP contribution in [0.3, 0.4) is 0 Å². The second-order valence-corrected chi connectivity index (χ2v) is 6.26. The van der Waals surface area contributed by atoms with Gasteiger partial charge < -0.3 is 4.98 Å². The van der Waals surface area contributed by atoms with Crippen molar-refractivity contribution in [3.05, 3.63) is 40.7 Å². The summed E-state index contributed by atoms with van der Waals surface area (Å²) in [4.78, 5) is 43.6. The third-order valence-corrected chi connectivity index (χ3v) is 4.62. The van der Waals surface area contributed by atoms with Gasteiger partial charge in [-0.05, 0) is 25.5 Å². The first-order chi connectivity index (χ1) is 12.0. The number of rotatable bonds is 2. The number of imide groups is 1. The lowest BCUT2D eigenvalue weighted by Gasteiger charge is -2.21. The van der Waals surface area contributed by atoms with Gasteiger partial charge in [-0.3, -0.25) is 24.0 Å². The van der Waals surface area contributed by atoms with Crippen LogP contribution < -0.4 is 11.0 Å². The molecule has 2 amide bonds. The van der Waals surface area contributed by atoms with E-state index in [1.165, 1.54) is 9.13 Å². The Morgan fingerprint density at radius 2 is 2.00 bits per heavy atom. The predicted octanol–water partition coefficient (Wildman–Crippen LogP) is 1.02. The summed E-state index contributed by atoms with van der Waals surface area (Å²) in [6.07, 6.45) is 2.29. The molecular weight excluding hydrogens is 322 g/mol. The molecule has 0 aliphatic carbocycles. The maximum absolute atomic E-state index is 12.7. The third kappa shape index (κ3) is 2.37. The van der Waals surface area contributed by atoms with Crippen LogP contribution in [0.2, 0.25) is 0 Å². The number of aromatic amines is 1. The van der Waals surface area contributed by atoms with Crippen LogP contribution in [0.4, 0.5) is 0 Å². The SMILES string of the molecule is Cc1ncc(-c2ccc3c(c2)n(C)c(=O)n3C2CCC(=O)NC2=O)[nH]1. The maximum Gasteiger partial charge on any atom is 0.329 e. The summed E-state index contributed by atoms with van der Waals surface area (Å²) in [5.41, 5.74) is 2.88. The summed E-state index contributed by atoms with van der Waals surface area (Å²) >= 11 is 0. The van der Waals surface area contributed by atoms with Crippen molar-refractivity contribution < 1.29 is 9.59 Å². The Kier molecular flexibility index (Phi) is 3.34. The van der Waals surface area contributed by atoms with E-state index in [0.29, 0.717) is 11.9 Å². The minimum atomic E-state index is -0.672. The van der Waals surface area contributed by atoms with Crippen molar-refractivity contribution in [2.24, 2.45) is 7.05 Å². The van der Waals surface area contributed by atoms with Crippen LogP contribution in [-0.4, -0.2) is 30.9 Å². The normalized spacial score (nSPS) is 17.9. The number of aryl methyl sites for hydroxylation is 2. The van der Waals surface area contributed by atoms with Crippen LogP contribution in [0.15, 0.2) is 29.2 Å². The molecule has 1 fully saturated rings. The molecule has 3 aromatic rings. The van der Waals surface area contributed by atoms with Gasteiger partial charge in [-0.2, -0.15) is 0 Å². The van der Waals surface area contributed by atoms with E-state index in [1.54, 1.807) is 13.2 Å². The van der Waals surface area contributed by atoms with Crippen molar-refractivity contribution in [2.75, 3.05) is 0 Å². The molecule has 4 rings (SSSR count). The maximum atomic E-state index is 12.7. The van der Waals surface area contributed by atoms with Gasteiger partial charge in [0.2, 0.25) is 11.8 Å². The van der Waals surface area contributed by atoms with Gasteiger partial charge in [0.05, 0.1) is 22.9 Å². The fourth-order valence-electron chi connectivity index (χ4n) is 3.33. The standard InChI is InChI=1S/C17H17N5O3/c1-9-18-8-11(19-9)10-3-4-12-14(7-10)21(2)17(25)22(12)13-5-6-15(23)20-16(13)24/h3-4,7-8,13H,5-6H2,1-2H3,(H,18,19)(H,20,23,24). The van der Waals surface area contributed by atoms with Gasteiger partial charge in [0.15, 0.2) is 0 Å². The fourth-order valence-corrected chi connectivity index (χ4v) is 3.33. The number of fused-ring (bicyclic) bond motifs is 1. The smallest absolute Gasteiger partial charge is 0.329 e. The molecular formula is C17H17N5O3. The van der Waals surface area contributed by atoms with Crippen LogP contribution in [0.5, 0.6) is 0 Å². The Bertz CT molecular complexity index is 1070. The van der Waals surface area contributed by atoms with Gasteiger partial charge in [0.1, 0.15) is 11.9 Å². The molecule has 2 N–H and O–H groups in total. The summed E-state index contributed by atoms with van der Waals surface area (Å²) in [6, 6.07) is 4.93. The van der Waals surface area contributed by atoms with Crippen LogP contribution in [-0.2, 0) is 16.6 Å². The Labute approximate surface area is 142 Å². The Balaban J connectivity index is 1.87. The molecule has 0 saturated carbocycles. The van der Waals surface area contributed by atoms with Gasteiger partial charge in [-0.15, -0.1) is 0 Å². The summed E-state index contributed by atoms with van der Waals surface area (Å²) in [5.74, 6) is 0.0793. The zero-order valence-electron chi connectivity index (χ0n) is 13.9. The summed E-state index contributed by atoms with van der Waals surface area (Å²) < 4.78 is 2.99. The Hall–Kier alpha value is -3.16. The number of carbonyl (C=O) groups is 2. The largest absolute Gasteiger partial charge is 0.342 e. The van der Waals surface area contributed by atoms with E-state index in [2.05, 4.69) is 15.3 Å². The Morgan fingerprint density at radius 3 is 2.68 bits per heavy atom. The highest BCUT2D eigenvalue weighted by atomic mass is 16.2. The summed E-state index contributed by atoms with van der Waals surface area (Å²) in [5, 5.41) is 2.31. The number of aromatic nitrogens is 4. The topological polar surface area (TPSA) is 102 Å². The molecule has 8 nitrogen and oxygen atoms in total. The second-order valence-electron chi connectivity index (χ2n) is 6.26. The van der Waals surface area contributed by atoms with E-state index >= 15 is 0 Å². The minimum Gasteiger partial charge on any atom is -0.342 e. The van der Waals surface area contributed by atoms with E-state index in [-0.39, 0.29) is 18.0 Å². The monoisotopic (exact) mass is 339 g/mol. The molecule has 0 radical (unpaired) electrons. The zero-order valence-corrected chi connectivity index (χ0v) is 13.9. The average Bonchev–Trinajstić information content (AvgIpc) is 3.11. The number of hydrogen-bond donors (Lipinski definition) is 2. The van der Waals surface area contributed by atoms with Gasteiger partial charge >= 0.3 is 5.69 Å². The minimum absolute atomic E-state index is 0.227. The fraction of sp³-hybridized carbons (Fsp3) is 0.294. The van der Waals surface area contributed by atoms with E-state index in [0.717, 1.165) is 22.6 Å². The van der Waals surface area contributed by atoms with Crippen molar-refractivity contribution >= 4 is 22.8 Å². The predicted molar refractivity (Wildman–Crippen MR) is 90.9 cm³/mol. The van der Waals surface area contributed by atoms with Crippen molar-refractivity contribution in [3.8, 4) is 11.3 Å². The van der Waals surface area contributed by atoms with Crippen LogP contribution >= 0.6 is 0 Å². The van der Waals surface area contributed by atoms with Crippen molar-refractivity contribution in [1.82, 2.24) is 24.4 Å². The van der Waals surface area contributed by atoms with Crippen molar-refractivity contribution in [3.63, 3.8) is 0 Å². The second kappa shape index (κ2) is 5.44. The molecule has 1 aliphatic heterocycles. The van der Waals surface area contributed by atoms with E-state index < -0.39 is 11.9 Å². The lowest BCUT2D eigenvalue weighted by atomic mass is 10.1. The van der Waals surface area contributed by atoms with Crippen LogP contribution in [0.1, 0.15) is 24.7 Å². The summed E-state index contributed by atoms with van der Waals surface area (Å²) in [7, 11) is 1.68. The number of carbonyl (C=O) groups excluding carboxylic acids is 2. The van der Waals surface area contributed by atoms with Gasteiger partial charge in [0, 0.05) is 19.0 Å². The van der Waals surface area contributed by atoms with Gasteiger partial charge in [0.25, 0.3) is 0 Å². The number of piperidine rings is 1. The number of hydrogen-bond acceptors (Lipinski definition) is 4. The molecule has 1 aromatic carbocycles. The quantitative estimate of drug-likeness (QED) is 0.680. The number of imidazole rings is 2. The van der Waals surface area contributed by atoms with E-state index in [9.17, 15) is 14.4 Å². The molecule has 8 heteroatoms. The van der Waals surface area contributed by atoms with Crippen molar-refractivity contribution in [1.29, 1.82) is 0 Å². The number of H-pyrrole nitrogens is 1. The number of nitrogens with zero attached hydrogens (tertiary/aromatic N) is 3. The average molecular weight is 339 g/mol. The lowest BCUT2D eigenvalue weighted by molar-refractivity contribution is -0.135. The van der Waals surface area contributed by atoms with Crippen molar-refractivity contribution in [2.45, 2.75) is 25.8 Å². The zero-order chi connectivity index (χ0) is 17.7. The molecule has 1 aliphatic rings. The van der Waals surface area contributed by atoms with Crippen LogP contribution in [0, 0.1) is 6.92 Å². The molecule has 1 saturated heterocycles. The van der Waals surface area contributed by atoms with Gasteiger partial charge in [-0.1, -0.05) is 6.07 Å². The van der Waals surface area contributed by atoms with E-state index in [4.69, 9.17) is 0 Å². The van der Waals surface area contributed by atoms with Gasteiger partial charge in [-0.25, -0.2) is 9.78 Å². The number of amides is 2. The molecule has 128 valence electrons. The third-order valence-electron chi connectivity index (χ3n) is 4.62. The molecule has 1 unspecified atom stereocenters. The first-order valence-electron chi connectivity index (χ1n) is 8.02. The first kappa shape index (κ1) is 15.4. The Morgan fingerprint density at radius 1 is 1.20 bits per heavy atom. The molecule has 0 spiro atoms. The highest BCUT2D eigenvalue weighted by Crippen LogP contribution is 2.26. The molecule has 1 atom stereocenters. The highest BCUT2D eigenvalue weighted by Gasteiger charge is 2.31. The lowest BCUT2D eigenvalue weighted by Crippen LogP contribution is -2.44. The van der Waals surface area contributed by atoms with Crippen LogP contribution in [0.25, 0.3) is 22.3 Å². The summed E-state index contributed by atoms with van der Waals surface area (Å²) in [6.45, 7) is 1.87. The highest BCUT2D eigenvalue weighted by molar-refractivity contribution is 6.00. The molecule has 3 heterocycles. The number of benzene rings is 1. The van der Waals surface area contributed by atoms with E-state index in [1.807, 2.05) is 25.1 Å².